The molecule has 0 bridgehead atoms. The average molecular weight is 419 g/mol. The second-order valence-corrected chi connectivity index (χ2v) is 5.08. The van der Waals surface area contributed by atoms with E-state index in [2.05, 4.69) is 10.3 Å². The number of nitrogens with zero attached hydrogens (tertiary/aromatic N) is 1. The summed E-state index contributed by atoms with van der Waals surface area (Å²) in [6.45, 7) is 5.86. The molecule has 1 aliphatic rings. The fraction of sp³-hybridized carbons (Fsp3) is 0.562. The SMILES string of the molecule is CCOc1ccc(CCN=C(N)NC2CC2)cc1OCC.I. The molecule has 22 heavy (non-hydrogen) atoms. The van der Waals surface area contributed by atoms with Gasteiger partial charge in [-0.2, -0.15) is 0 Å². The molecule has 1 aliphatic carbocycles. The molecule has 0 spiro atoms. The van der Waals surface area contributed by atoms with Crippen molar-refractivity contribution in [2.45, 2.75) is 39.2 Å². The average Bonchev–Trinajstić information content (AvgIpc) is 3.26. The first-order valence-corrected chi connectivity index (χ1v) is 7.68. The van der Waals surface area contributed by atoms with Gasteiger partial charge in [-0.1, -0.05) is 6.07 Å². The Bertz CT molecular complexity index is 490. The van der Waals surface area contributed by atoms with Gasteiger partial charge in [-0.25, -0.2) is 0 Å². The van der Waals surface area contributed by atoms with Gasteiger partial charge in [0, 0.05) is 12.6 Å². The number of rotatable bonds is 8. The molecule has 0 aromatic heterocycles. The molecule has 6 heteroatoms. The van der Waals surface area contributed by atoms with E-state index in [1.54, 1.807) is 0 Å². The van der Waals surface area contributed by atoms with Crippen LogP contribution in [0.3, 0.4) is 0 Å². The predicted molar refractivity (Wildman–Crippen MR) is 101 cm³/mol. The summed E-state index contributed by atoms with van der Waals surface area (Å²) in [6.07, 6.45) is 3.24. The van der Waals surface area contributed by atoms with Gasteiger partial charge in [-0.3, -0.25) is 4.99 Å². The number of guanidine groups is 1. The van der Waals surface area contributed by atoms with Gasteiger partial charge in [0.15, 0.2) is 17.5 Å². The monoisotopic (exact) mass is 419 g/mol. The van der Waals surface area contributed by atoms with Crippen LogP contribution in [0.2, 0.25) is 0 Å². The lowest BCUT2D eigenvalue weighted by Crippen LogP contribution is -2.33. The first-order valence-electron chi connectivity index (χ1n) is 7.68. The molecule has 124 valence electrons. The van der Waals surface area contributed by atoms with Gasteiger partial charge in [-0.15, -0.1) is 24.0 Å². The van der Waals surface area contributed by atoms with E-state index in [1.807, 2.05) is 32.0 Å². The summed E-state index contributed by atoms with van der Waals surface area (Å²) in [6, 6.07) is 6.57. The maximum Gasteiger partial charge on any atom is 0.188 e. The third kappa shape index (κ3) is 6.29. The quantitative estimate of drug-likeness (QED) is 0.386. The Labute approximate surface area is 149 Å². The Morgan fingerprint density at radius 2 is 1.91 bits per heavy atom. The molecule has 0 atom stereocenters. The van der Waals surface area contributed by atoms with Crippen molar-refractivity contribution in [3.8, 4) is 11.5 Å². The predicted octanol–water partition coefficient (Wildman–Crippen LogP) is 2.71. The van der Waals surface area contributed by atoms with Crippen LogP contribution >= 0.6 is 24.0 Å². The van der Waals surface area contributed by atoms with E-state index in [-0.39, 0.29) is 24.0 Å². The van der Waals surface area contributed by atoms with Crippen molar-refractivity contribution in [1.29, 1.82) is 0 Å². The Kier molecular flexibility index (Phi) is 8.37. The van der Waals surface area contributed by atoms with Crippen LogP contribution in [0.15, 0.2) is 23.2 Å². The molecule has 5 nitrogen and oxygen atoms in total. The van der Waals surface area contributed by atoms with Crippen LogP contribution in [-0.2, 0) is 6.42 Å². The van der Waals surface area contributed by atoms with Crippen molar-refractivity contribution in [2.75, 3.05) is 19.8 Å². The fourth-order valence-electron chi connectivity index (χ4n) is 2.04. The van der Waals surface area contributed by atoms with Gasteiger partial charge in [0.25, 0.3) is 0 Å². The Morgan fingerprint density at radius 1 is 1.23 bits per heavy atom. The number of hydrogen-bond donors (Lipinski definition) is 2. The summed E-state index contributed by atoms with van der Waals surface area (Å²) in [5.41, 5.74) is 6.99. The van der Waals surface area contributed by atoms with Crippen LogP contribution in [0, 0.1) is 0 Å². The molecule has 1 aromatic rings. The molecule has 1 fully saturated rings. The number of ether oxygens (including phenoxy) is 2. The van der Waals surface area contributed by atoms with Crippen molar-refractivity contribution in [2.24, 2.45) is 10.7 Å². The van der Waals surface area contributed by atoms with Gasteiger partial charge in [0.05, 0.1) is 13.2 Å². The van der Waals surface area contributed by atoms with Crippen LogP contribution in [0.5, 0.6) is 11.5 Å². The first kappa shape index (κ1) is 18.9. The number of nitrogens with two attached hydrogens (primary N) is 1. The highest BCUT2D eigenvalue weighted by Gasteiger charge is 2.21. The Balaban J connectivity index is 0.00000242. The molecular formula is C16H26IN3O2. The molecule has 0 unspecified atom stereocenters. The number of nitrogens with one attached hydrogen (secondary N) is 1. The third-order valence-corrected chi connectivity index (χ3v) is 3.22. The van der Waals surface area contributed by atoms with Gasteiger partial charge < -0.3 is 20.5 Å². The zero-order valence-electron chi connectivity index (χ0n) is 13.3. The van der Waals surface area contributed by atoms with Crippen LogP contribution in [0.4, 0.5) is 0 Å². The van der Waals surface area contributed by atoms with E-state index in [9.17, 15) is 0 Å². The highest BCUT2D eigenvalue weighted by atomic mass is 127. The number of hydrogen-bond acceptors (Lipinski definition) is 3. The summed E-state index contributed by atoms with van der Waals surface area (Å²) in [4.78, 5) is 4.35. The van der Waals surface area contributed by atoms with Crippen molar-refractivity contribution in [1.82, 2.24) is 5.32 Å². The second kappa shape index (κ2) is 9.76. The molecule has 0 saturated heterocycles. The number of halogens is 1. The second-order valence-electron chi connectivity index (χ2n) is 5.08. The maximum absolute atomic E-state index is 5.81. The zero-order valence-corrected chi connectivity index (χ0v) is 15.6. The molecule has 0 radical (unpaired) electrons. The highest BCUT2D eigenvalue weighted by molar-refractivity contribution is 14.0. The fourth-order valence-corrected chi connectivity index (χ4v) is 2.04. The maximum atomic E-state index is 5.81. The number of aliphatic imine (C=N–C) groups is 1. The van der Waals surface area contributed by atoms with Crippen molar-refractivity contribution < 1.29 is 9.47 Å². The largest absolute Gasteiger partial charge is 0.490 e. The molecule has 2 rings (SSSR count). The van der Waals surface area contributed by atoms with Crippen molar-refractivity contribution in [3.63, 3.8) is 0 Å². The van der Waals surface area contributed by atoms with Gasteiger partial charge >= 0.3 is 0 Å². The zero-order chi connectivity index (χ0) is 15.1. The molecule has 3 N–H and O–H groups in total. The van der Waals surface area contributed by atoms with E-state index < -0.39 is 0 Å². The molecule has 0 heterocycles. The van der Waals surface area contributed by atoms with Gasteiger partial charge in [0.2, 0.25) is 0 Å². The summed E-state index contributed by atoms with van der Waals surface area (Å²) in [5, 5.41) is 3.18. The molecule has 1 saturated carbocycles. The topological polar surface area (TPSA) is 68.9 Å². The molecular weight excluding hydrogens is 393 g/mol. The van der Waals surface area contributed by atoms with Crippen LogP contribution in [0.1, 0.15) is 32.3 Å². The molecule has 0 amide bonds. The summed E-state index contributed by atoms with van der Waals surface area (Å²) < 4.78 is 11.2. The minimum Gasteiger partial charge on any atom is -0.490 e. The van der Waals surface area contributed by atoms with E-state index in [0.29, 0.717) is 31.8 Å². The van der Waals surface area contributed by atoms with E-state index in [0.717, 1.165) is 17.9 Å². The van der Waals surface area contributed by atoms with Crippen LogP contribution in [0.25, 0.3) is 0 Å². The highest BCUT2D eigenvalue weighted by Crippen LogP contribution is 2.28. The third-order valence-electron chi connectivity index (χ3n) is 3.22. The van der Waals surface area contributed by atoms with Crippen molar-refractivity contribution >= 4 is 29.9 Å². The van der Waals surface area contributed by atoms with E-state index in [1.165, 1.54) is 18.4 Å². The minimum absolute atomic E-state index is 0. The van der Waals surface area contributed by atoms with Crippen molar-refractivity contribution in [3.05, 3.63) is 23.8 Å². The molecule has 1 aromatic carbocycles. The van der Waals surface area contributed by atoms with Crippen LogP contribution in [-0.4, -0.2) is 31.8 Å². The van der Waals surface area contributed by atoms with E-state index >= 15 is 0 Å². The Hall–Kier alpha value is -1.18. The minimum atomic E-state index is 0. The lowest BCUT2D eigenvalue weighted by molar-refractivity contribution is 0.287. The molecule has 0 aliphatic heterocycles. The smallest absolute Gasteiger partial charge is 0.188 e. The standard InChI is InChI=1S/C16H25N3O2.HI/c1-3-20-14-8-5-12(11-15(14)21-4-2)9-10-18-16(17)19-13-6-7-13;/h5,8,11,13H,3-4,6-7,9-10H2,1-2H3,(H3,17,18,19);1H. The van der Waals surface area contributed by atoms with Gasteiger partial charge in [-0.05, 0) is 50.8 Å². The summed E-state index contributed by atoms with van der Waals surface area (Å²) >= 11 is 0. The van der Waals surface area contributed by atoms with Crippen LogP contribution < -0.4 is 20.5 Å². The normalized spacial score (nSPS) is 14.2. The summed E-state index contributed by atoms with van der Waals surface area (Å²) in [7, 11) is 0. The van der Waals surface area contributed by atoms with Gasteiger partial charge in [0.1, 0.15) is 0 Å². The first-order chi connectivity index (χ1) is 10.2. The number of benzene rings is 1. The summed E-state index contributed by atoms with van der Waals surface area (Å²) in [5.74, 6) is 2.14. The van der Waals surface area contributed by atoms with E-state index in [4.69, 9.17) is 15.2 Å². The lowest BCUT2D eigenvalue weighted by atomic mass is 10.1. The Morgan fingerprint density at radius 3 is 2.55 bits per heavy atom. The lowest BCUT2D eigenvalue weighted by Gasteiger charge is -2.12.